The molecule has 0 aromatic heterocycles. The maximum Gasteiger partial charge on any atom is 0.335 e. The van der Waals surface area contributed by atoms with Crippen LogP contribution in [0.4, 0.5) is 0 Å². The Bertz CT molecular complexity index is 652. The SMILES string of the molecule is CC(c1ccc(Cl)cc1)C(C)N(C)Cc1ccc(C(=O)O)cc1. The lowest BCUT2D eigenvalue weighted by Gasteiger charge is -2.30. The fourth-order valence-electron chi connectivity index (χ4n) is 2.61. The Labute approximate surface area is 142 Å². The zero-order chi connectivity index (χ0) is 17.0. The molecule has 0 aliphatic heterocycles. The van der Waals surface area contributed by atoms with Crippen molar-refractivity contribution < 1.29 is 9.90 Å². The molecule has 2 aromatic rings. The molecule has 3 nitrogen and oxygen atoms in total. The lowest BCUT2D eigenvalue weighted by Crippen LogP contribution is -2.32. The summed E-state index contributed by atoms with van der Waals surface area (Å²) in [6, 6.07) is 15.4. The largest absolute Gasteiger partial charge is 0.478 e. The summed E-state index contributed by atoms with van der Waals surface area (Å²) in [5.74, 6) is -0.523. The molecule has 0 fully saturated rings. The average molecular weight is 332 g/mol. The average Bonchev–Trinajstić information content (AvgIpc) is 2.54. The van der Waals surface area contributed by atoms with Gasteiger partial charge in [0.1, 0.15) is 0 Å². The molecule has 4 heteroatoms. The van der Waals surface area contributed by atoms with Crippen molar-refractivity contribution in [1.82, 2.24) is 4.90 Å². The normalized spacial score (nSPS) is 13.8. The molecule has 0 amide bonds. The molecule has 0 aliphatic rings. The van der Waals surface area contributed by atoms with E-state index in [1.165, 1.54) is 5.56 Å². The van der Waals surface area contributed by atoms with Crippen LogP contribution in [-0.4, -0.2) is 29.1 Å². The lowest BCUT2D eigenvalue weighted by atomic mass is 9.93. The highest BCUT2D eigenvalue weighted by Gasteiger charge is 2.19. The van der Waals surface area contributed by atoms with Gasteiger partial charge in [-0.15, -0.1) is 0 Å². The number of carboxylic acid groups (broad SMARTS) is 1. The molecule has 0 aliphatic carbocycles. The number of carbonyl (C=O) groups is 1. The van der Waals surface area contributed by atoms with Gasteiger partial charge in [0.25, 0.3) is 0 Å². The molecule has 0 radical (unpaired) electrons. The van der Waals surface area contributed by atoms with Crippen molar-refractivity contribution in [3.8, 4) is 0 Å². The van der Waals surface area contributed by atoms with Gasteiger partial charge in [-0.1, -0.05) is 42.8 Å². The summed E-state index contributed by atoms with van der Waals surface area (Å²) in [7, 11) is 2.09. The van der Waals surface area contributed by atoms with E-state index in [-0.39, 0.29) is 0 Å². The summed E-state index contributed by atoms with van der Waals surface area (Å²) in [5.41, 5.74) is 2.68. The molecule has 23 heavy (non-hydrogen) atoms. The minimum Gasteiger partial charge on any atom is -0.478 e. The van der Waals surface area contributed by atoms with E-state index in [2.05, 4.69) is 37.9 Å². The van der Waals surface area contributed by atoms with Gasteiger partial charge >= 0.3 is 5.97 Å². The highest BCUT2D eigenvalue weighted by atomic mass is 35.5. The molecule has 2 aromatic carbocycles. The van der Waals surface area contributed by atoms with Crippen LogP contribution in [0.3, 0.4) is 0 Å². The number of carboxylic acids is 1. The Morgan fingerprint density at radius 2 is 1.65 bits per heavy atom. The Morgan fingerprint density at radius 3 is 2.17 bits per heavy atom. The fraction of sp³-hybridized carbons (Fsp3) is 0.316. The van der Waals surface area contributed by atoms with Crippen molar-refractivity contribution in [2.45, 2.75) is 32.4 Å². The molecule has 0 saturated heterocycles. The first-order valence-corrected chi connectivity index (χ1v) is 8.04. The third-order valence-electron chi connectivity index (χ3n) is 4.45. The van der Waals surface area contributed by atoms with E-state index in [1.54, 1.807) is 12.1 Å². The van der Waals surface area contributed by atoms with E-state index in [0.717, 1.165) is 17.1 Å². The number of nitrogens with zero attached hydrogens (tertiary/aromatic N) is 1. The summed E-state index contributed by atoms with van der Waals surface area (Å²) in [4.78, 5) is 13.2. The van der Waals surface area contributed by atoms with Gasteiger partial charge in [-0.05, 0) is 55.3 Å². The minimum atomic E-state index is -0.894. The summed E-state index contributed by atoms with van der Waals surface area (Å²) in [6.07, 6.45) is 0. The van der Waals surface area contributed by atoms with Gasteiger partial charge in [-0.25, -0.2) is 4.79 Å². The van der Waals surface area contributed by atoms with Crippen LogP contribution in [0.1, 0.15) is 41.3 Å². The van der Waals surface area contributed by atoms with Crippen molar-refractivity contribution in [3.05, 3.63) is 70.2 Å². The Kier molecular flexibility index (Phi) is 5.80. The molecule has 0 spiro atoms. The number of aromatic carboxylic acids is 1. The molecule has 0 bridgehead atoms. The summed E-state index contributed by atoms with van der Waals surface area (Å²) in [6.45, 7) is 5.18. The Balaban J connectivity index is 2.02. The van der Waals surface area contributed by atoms with Crippen LogP contribution in [-0.2, 0) is 6.54 Å². The van der Waals surface area contributed by atoms with Gasteiger partial charge in [0, 0.05) is 17.6 Å². The number of likely N-dealkylation sites (N-methyl/N-ethyl adjacent to an activating group) is 1. The maximum atomic E-state index is 10.9. The maximum absolute atomic E-state index is 10.9. The monoisotopic (exact) mass is 331 g/mol. The number of hydrogen-bond donors (Lipinski definition) is 1. The number of hydrogen-bond acceptors (Lipinski definition) is 2. The highest BCUT2D eigenvalue weighted by Crippen LogP contribution is 2.24. The topological polar surface area (TPSA) is 40.5 Å². The van der Waals surface area contributed by atoms with Crippen molar-refractivity contribution >= 4 is 17.6 Å². The summed E-state index contributed by atoms with van der Waals surface area (Å²) in [5, 5.41) is 9.69. The standard InChI is InChI=1S/C19H22ClNO2/c1-13(16-8-10-18(20)11-9-16)14(2)21(3)12-15-4-6-17(7-5-15)19(22)23/h4-11,13-14H,12H2,1-3H3,(H,22,23). The second kappa shape index (κ2) is 7.62. The van der Waals surface area contributed by atoms with Gasteiger partial charge in [0.2, 0.25) is 0 Å². The summed E-state index contributed by atoms with van der Waals surface area (Å²) >= 11 is 5.95. The Hall–Kier alpha value is -1.84. The molecule has 0 saturated carbocycles. The van der Waals surface area contributed by atoms with Gasteiger partial charge in [0.15, 0.2) is 0 Å². The fourth-order valence-corrected chi connectivity index (χ4v) is 2.74. The molecule has 122 valence electrons. The van der Waals surface area contributed by atoms with Gasteiger partial charge in [-0.3, -0.25) is 4.90 Å². The predicted octanol–water partition coefficient (Wildman–Crippen LogP) is 4.66. The molecule has 1 N–H and O–H groups in total. The molecule has 0 heterocycles. The van der Waals surface area contributed by atoms with Gasteiger partial charge in [-0.2, -0.15) is 0 Å². The van der Waals surface area contributed by atoms with E-state index in [1.807, 2.05) is 24.3 Å². The van der Waals surface area contributed by atoms with Crippen LogP contribution in [0.5, 0.6) is 0 Å². The quantitative estimate of drug-likeness (QED) is 0.836. The third kappa shape index (κ3) is 4.57. The second-order valence-corrected chi connectivity index (χ2v) is 6.43. The first kappa shape index (κ1) is 17.5. The number of benzene rings is 2. The van der Waals surface area contributed by atoms with Crippen LogP contribution in [0.15, 0.2) is 48.5 Å². The Morgan fingerprint density at radius 1 is 1.09 bits per heavy atom. The van der Waals surface area contributed by atoms with E-state index in [4.69, 9.17) is 16.7 Å². The molecular formula is C19H22ClNO2. The van der Waals surface area contributed by atoms with Crippen molar-refractivity contribution in [3.63, 3.8) is 0 Å². The second-order valence-electron chi connectivity index (χ2n) is 6.00. The molecule has 2 rings (SSSR count). The van der Waals surface area contributed by atoms with E-state index < -0.39 is 5.97 Å². The zero-order valence-corrected chi connectivity index (χ0v) is 14.4. The molecular weight excluding hydrogens is 310 g/mol. The van der Waals surface area contributed by atoms with Gasteiger partial charge in [0.05, 0.1) is 5.56 Å². The van der Waals surface area contributed by atoms with Crippen LogP contribution >= 0.6 is 11.6 Å². The third-order valence-corrected chi connectivity index (χ3v) is 4.70. The van der Waals surface area contributed by atoms with Crippen molar-refractivity contribution in [1.29, 1.82) is 0 Å². The first-order chi connectivity index (χ1) is 10.9. The van der Waals surface area contributed by atoms with Crippen molar-refractivity contribution in [2.75, 3.05) is 7.05 Å². The highest BCUT2D eigenvalue weighted by molar-refractivity contribution is 6.30. The van der Waals surface area contributed by atoms with Crippen LogP contribution in [0.25, 0.3) is 0 Å². The molecule has 2 unspecified atom stereocenters. The number of rotatable bonds is 6. The van der Waals surface area contributed by atoms with E-state index in [0.29, 0.717) is 17.5 Å². The van der Waals surface area contributed by atoms with Crippen molar-refractivity contribution in [2.24, 2.45) is 0 Å². The van der Waals surface area contributed by atoms with E-state index in [9.17, 15) is 4.79 Å². The lowest BCUT2D eigenvalue weighted by molar-refractivity contribution is 0.0697. The number of halogens is 1. The minimum absolute atomic E-state index is 0.319. The molecule has 2 atom stereocenters. The van der Waals surface area contributed by atoms with Crippen LogP contribution in [0.2, 0.25) is 5.02 Å². The first-order valence-electron chi connectivity index (χ1n) is 7.66. The smallest absolute Gasteiger partial charge is 0.335 e. The van der Waals surface area contributed by atoms with Gasteiger partial charge < -0.3 is 5.11 Å². The summed E-state index contributed by atoms with van der Waals surface area (Å²) < 4.78 is 0. The predicted molar refractivity (Wildman–Crippen MR) is 94.2 cm³/mol. The zero-order valence-electron chi connectivity index (χ0n) is 13.7. The van der Waals surface area contributed by atoms with Crippen LogP contribution < -0.4 is 0 Å². The van der Waals surface area contributed by atoms with E-state index >= 15 is 0 Å². The van der Waals surface area contributed by atoms with Crippen LogP contribution in [0, 0.1) is 0 Å².